The molecule has 0 radical (unpaired) electrons. The van der Waals surface area contributed by atoms with Gasteiger partial charge in [-0.1, -0.05) is 56.5 Å². The summed E-state index contributed by atoms with van der Waals surface area (Å²) >= 11 is 0. The molecule has 38 heavy (non-hydrogen) atoms. The van der Waals surface area contributed by atoms with E-state index < -0.39 is 0 Å². The van der Waals surface area contributed by atoms with Gasteiger partial charge in [-0.05, 0) is 57.2 Å². The van der Waals surface area contributed by atoms with E-state index in [0.717, 1.165) is 82.5 Å². The van der Waals surface area contributed by atoms with Crippen molar-refractivity contribution in [2.75, 3.05) is 13.1 Å². The summed E-state index contributed by atoms with van der Waals surface area (Å²) in [6.07, 6.45) is 12.6. The number of hydrogen-bond acceptors (Lipinski definition) is 4. The summed E-state index contributed by atoms with van der Waals surface area (Å²) in [4.78, 5) is 16.6. The number of aryl methyl sites for hydroxylation is 1. The van der Waals surface area contributed by atoms with Crippen LogP contribution in [0.5, 0.6) is 0 Å². The van der Waals surface area contributed by atoms with Crippen molar-refractivity contribution in [2.24, 2.45) is 5.41 Å². The Labute approximate surface area is 225 Å². The molecule has 0 amide bonds. The lowest BCUT2D eigenvalue weighted by Gasteiger charge is -2.28. The van der Waals surface area contributed by atoms with Gasteiger partial charge in [-0.15, -0.1) is 0 Å². The summed E-state index contributed by atoms with van der Waals surface area (Å²) in [6, 6.07) is 10.7. The third-order valence-corrected chi connectivity index (χ3v) is 8.46. The van der Waals surface area contributed by atoms with E-state index in [0.29, 0.717) is 0 Å². The molecule has 1 atom stereocenters. The Morgan fingerprint density at radius 3 is 2.76 bits per heavy atom. The summed E-state index contributed by atoms with van der Waals surface area (Å²) in [5.41, 5.74) is 7.12. The Hall–Kier alpha value is -3.91. The number of para-hydroxylation sites is 1. The van der Waals surface area contributed by atoms with Crippen molar-refractivity contribution in [3.63, 3.8) is 0 Å². The summed E-state index contributed by atoms with van der Waals surface area (Å²) in [5, 5.41) is 2.19. The fraction of sp³-hybridized carbons (Fsp3) is 0.364. The van der Waals surface area contributed by atoms with E-state index in [-0.39, 0.29) is 11.5 Å². The van der Waals surface area contributed by atoms with Gasteiger partial charge in [0.25, 0.3) is 0 Å². The zero-order valence-corrected chi connectivity index (χ0v) is 22.5. The summed E-state index contributed by atoms with van der Waals surface area (Å²) < 4.78 is 2.39. The van der Waals surface area contributed by atoms with Gasteiger partial charge in [0.15, 0.2) is 0 Å². The van der Waals surface area contributed by atoms with Crippen molar-refractivity contribution in [3.8, 4) is 23.0 Å². The fourth-order valence-electron chi connectivity index (χ4n) is 6.26. The van der Waals surface area contributed by atoms with Crippen LogP contribution in [0.2, 0.25) is 0 Å². The van der Waals surface area contributed by atoms with Crippen molar-refractivity contribution in [2.45, 2.75) is 58.4 Å². The zero-order valence-electron chi connectivity index (χ0n) is 22.5. The van der Waals surface area contributed by atoms with Crippen molar-refractivity contribution in [1.82, 2.24) is 24.4 Å². The number of benzene rings is 1. The minimum Gasteiger partial charge on any atom is -0.370 e. The molecule has 192 valence electrons. The number of aromatic nitrogens is 4. The molecule has 5 nitrogen and oxygen atoms in total. The molecule has 3 aromatic heterocycles. The van der Waals surface area contributed by atoms with E-state index >= 15 is 0 Å². The van der Waals surface area contributed by atoms with Crippen LogP contribution < -0.4 is 0 Å². The number of nitrogens with zero attached hydrogens (tertiary/aromatic N) is 5. The van der Waals surface area contributed by atoms with Crippen LogP contribution >= 0.6 is 0 Å². The number of likely N-dealkylation sites (tertiary alicyclic amines) is 1. The summed E-state index contributed by atoms with van der Waals surface area (Å²) in [5.74, 6) is 7.51. The standard InChI is InChI=1S/C33H35N5/c1-5-23(2)37-18-14-27(21-37)38-29(13-17-33(4)15-9-6-10-16-33)31(30-24(3)35-22-36-32(30)38)26-19-25-11-7-8-12-28(25)34-20-26/h5,7-8,11-12,19-20,22,27H,1-2,6,9-10,14-16,18,21H2,3-4H3/t27-/m1/s1. The molecule has 1 aliphatic heterocycles. The first kappa shape index (κ1) is 24.4. The number of fused-ring (bicyclic) bond motifs is 2. The zero-order chi connectivity index (χ0) is 26.3. The van der Waals surface area contributed by atoms with E-state index in [1.165, 1.54) is 19.3 Å². The van der Waals surface area contributed by atoms with Crippen LogP contribution in [-0.4, -0.2) is 37.5 Å². The molecule has 1 aromatic carbocycles. The Bertz CT molecular complexity index is 1610. The van der Waals surface area contributed by atoms with Crippen LogP contribution in [0.1, 0.15) is 62.9 Å². The summed E-state index contributed by atoms with van der Waals surface area (Å²) in [7, 11) is 0. The van der Waals surface area contributed by atoms with Crippen molar-refractivity contribution < 1.29 is 0 Å². The van der Waals surface area contributed by atoms with Crippen LogP contribution in [0.4, 0.5) is 0 Å². The average molecular weight is 502 g/mol. The van der Waals surface area contributed by atoms with Crippen LogP contribution in [0.15, 0.2) is 67.8 Å². The van der Waals surface area contributed by atoms with Gasteiger partial charge >= 0.3 is 0 Å². The maximum absolute atomic E-state index is 4.86. The smallest absolute Gasteiger partial charge is 0.145 e. The van der Waals surface area contributed by atoms with Gasteiger partial charge < -0.3 is 9.47 Å². The predicted octanol–water partition coefficient (Wildman–Crippen LogP) is 7.22. The lowest BCUT2D eigenvalue weighted by atomic mass is 9.76. The third-order valence-electron chi connectivity index (χ3n) is 8.46. The molecule has 1 saturated heterocycles. The predicted molar refractivity (Wildman–Crippen MR) is 156 cm³/mol. The van der Waals surface area contributed by atoms with Gasteiger partial charge in [0.1, 0.15) is 17.7 Å². The molecular weight excluding hydrogens is 466 g/mol. The second kappa shape index (κ2) is 9.76. The van der Waals surface area contributed by atoms with E-state index in [1.807, 2.05) is 18.3 Å². The Morgan fingerprint density at radius 2 is 1.95 bits per heavy atom. The maximum Gasteiger partial charge on any atom is 0.145 e. The first-order valence-corrected chi connectivity index (χ1v) is 13.8. The van der Waals surface area contributed by atoms with Gasteiger partial charge in [0.2, 0.25) is 0 Å². The molecule has 4 heterocycles. The van der Waals surface area contributed by atoms with Gasteiger partial charge in [-0.2, -0.15) is 0 Å². The maximum atomic E-state index is 4.86. The van der Waals surface area contributed by atoms with E-state index in [4.69, 9.17) is 9.97 Å². The topological polar surface area (TPSA) is 46.8 Å². The second-order valence-corrected chi connectivity index (χ2v) is 11.1. The van der Waals surface area contributed by atoms with E-state index in [1.54, 1.807) is 6.33 Å². The molecule has 2 fully saturated rings. The molecule has 0 unspecified atom stereocenters. The molecular formula is C33H35N5. The van der Waals surface area contributed by atoms with Crippen LogP contribution in [0.3, 0.4) is 0 Å². The van der Waals surface area contributed by atoms with Crippen molar-refractivity contribution in [1.29, 1.82) is 0 Å². The lowest BCUT2D eigenvalue weighted by Crippen LogP contribution is -2.20. The number of pyridine rings is 1. The normalized spacial score (nSPS) is 18.9. The Balaban J connectivity index is 1.61. The molecule has 0 spiro atoms. The summed E-state index contributed by atoms with van der Waals surface area (Å²) in [6.45, 7) is 14.4. The third kappa shape index (κ3) is 4.28. The highest BCUT2D eigenvalue weighted by Gasteiger charge is 2.31. The number of allylic oxidation sites excluding steroid dienone is 1. The fourth-order valence-corrected chi connectivity index (χ4v) is 6.26. The van der Waals surface area contributed by atoms with Gasteiger partial charge in [0.05, 0.1) is 17.3 Å². The van der Waals surface area contributed by atoms with E-state index in [9.17, 15) is 0 Å². The van der Waals surface area contributed by atoms with Gasteiger partial charge in [-0.3, -0.25) is 4.98 Å². The minimum absolute atomic E-state index is 0.0397. The molecule has 5 heteroatoms. The first-order chi connectivity index (χ1) is 18.5. The molecule has 1 aliphatic carbocycles. The number of hydrogen-bond donors (Lipinski definition) is 0. The molecule has 0 N–H and O–H groups in total. The largest absolute Gasteiger partial charge is 0.370 e. The highest BCUT2D eigenvalue weighted by Crippen LogP contribution is 2.41. The molecule has 6 rings (SSSR count). The minimum atomic E-state index is 0.0397. The highest BCUT2D eigenvalue weighted by atomic mass is 15.2. The lowest BCUT2D eigenvalue weighted by molar-refractivity contribution is 0.299. The quantitative estimate of drug-likeness (QED) is 0.219. The van der Waals surface area contributed by atoms with Crippen LogP contribution in [0.25, 0.3) is 33.1 Å². The Morgan fingerprint density at radius 1 is 1.13 bits per heavy atom. The van der Waals surface area contributed by atoms with Crippen molar-refractivity contribution in [3.05, 3.63) is 79.2 Å². The Kier molecular flexibility index (Phi) is 6.27. The highest BCUT2D eigenvalue weighted by molar-refractivity contribution is 6.00. The van der Waals surface area contributed by atoms with Gasteiger partial charge in [-0.25, -0.2) is 9.97 Å². The van der Waals surface area contributed by atoms with E-state index in [2.05, 4.69) is 77.6 Å². The van der Waals surface area contributed by atoms with Crippen molar-refractivity contribution >= 4 is 21.9 Å². The van der Waals surface area contributed by atoms with Gasteiger partial charge in [0, 0.05) is 52.3 Å². The molecule has 2 aliphatic rings. The van der Waals surface area contributed by atoms with Crippen LogP contribution in [0, 0.1) is 24.2 Å². The second-order valence-electron chi connectivity index (χ2n) is 11.1. The SMILES string of the molecule is C=CC(=C)N1CC[C@@H](n2c(C#CC3(C)CCCCC3)c(-c3cnc4ccccc4c3)c3c(C)ncnc32)C1. The first-order valence-electron chi connectivity index (χ1n) is 13.8. The monoisotopic (exact) mass is 501 g/mol. The average Bonchev–Trinajstić information content (AvgIpc) is 3.55. The van der Waals surface area contributed by atoms with Crippen LogP contribution in [-0.2, 0) is 0 Å². The molecule has 0 bridgehead atoms. The molecule has 1 saturated carbocycles. The molecule has 4 aromatic rings. The number of rotatable bonds is 4.